The van der Waals surface area contributed by atoms with Crippen molar-refractivity contribution in [2.75, 3.05) is 11.9 Å². The molecule has 2 heterocycles. The molecule has 5 nitrogen and oxygen atoms in total. The normalized spacial score (nSPS) is 10.3. The summed E-state index contributed by atoms with van der Waals surface area (Å²) in [5, 5.41) is 8.13. The Morgan fingerprint density at radius 1 is 1.08 bits per heavy atom. The molecular formula is C18H18N4OS. The third-order valence-corrected chi connectivity index (χ3v) is 4.23. The van der Waals surface area contributed by atoms with Gasteiger partial charge in [0.2, 0.25) is 0 Å². The van der Waals surface area contributed by atoms with Gasteiger partial charge in [-0.1, -0.05) is 30.3 Å². The molecule has 0 bridgehead atoms. The van der Waals surface area contributed by atoms with E-state index in [1.165, 1.54) is 16.9 Å². The van der Waals surface area contributed by atoms with E-state index in [0.717, 1.165) is 24.1 Å². The third kappa shape index (κ3) is 4.63. The van der Waals surface area contributed by atoms with E-state index in [1.807, 2.05) is 35.7 Å². The summed E-state index contributed by atoms with van der Waals surface area (Å²) in [6.07, 6.45) is 5.30. The Morgan fingerprint density at radius 2 is 1.88 bits per heavy atom. The minimum atomic E-state index is -0.223. The van der Waals surface area contributed by atoms with Gasteiger partial charge in [0.25, 0.3) is 0 Å². The highest BCUT2D eigenvalue weighted by molar-refractivity contribution is 7.14. The van der Waals surface area contributed by atoms with E-state index < -0.39 is 0 Å². The Kier molecular flexibility index (Phi) is 5.52. The average molecular weight is 338 g/mol. The van der Waals surface area contributed by atoms with Crippen LogP contribution >= 0.6 is 11.3 Å². The summed E-state index contributed by atoms with van der Waals surface area (Å²) in [5.74, 6) is 0. The van der Waals surface area contributed by atoms with Crippen molar-refractivity contribution in [2.45, 2.75) is 12.8 Å². The van der Waals surface area contributed by atoms with E-state index in [4.69, 9.17) is 0 Å². The van der Waals surface area contributed by atoms with Gasteiger partial charge in [-0.25, -0.2) is 9.78 Å². The summed E-state index contributed by atoms with van der Waals surface area (Å²) in [7, 11) is 0. The summed E-state index contributed by atoms with van der Waals surface area (Å²) in [6.45, 7) is 0.628. The number of rotatable bonds is 6. The van der Waals surface area contributed by atoms with Crippen LogP contribution in [0.5, 0.6) is 0 Å². The second-order valence-electron chi connectivity index (χ2n) is 5.24. The number of hydrogen-bond acceptors (Lipinski definition) is 4. The van der Waals surface area contributed by atoms with Crippen molar-refractivity contribution in [3.63, 3.8) is 0 Å². The first-order chi connectivity index (χ1) is 11.8. The summed E-state index contributed by atoms with van der Waals surface area (Å²) in [6, 6.07) is 13.8. The molecule has 0 saturated carbocycles. The lowest BCUT2D eigenvalue weighted by Crippen LogP contribution is -2.29. The van der Waals surface area contributed by atoms with Crippen LogP contribution in [0.2, 0.25) is 0 Å². The van der Waals surface area contributed by atoms with Crippen molar-refractivity contribution in [3.05, 3.63) is 65.8 Å². The molecule has 0 spiro atoms. The number of thiazole rings is 1. The molecule has 3 aromatic rings. The zero-order valence-electron chi connectivity index (χ0n) is 13.1. The van der Waals surface area contributed by atoms with Crippen LogP contribution in [-0.2, 0) is 6.42 Å². The molecule has 0 unspecified atom stereocenters. The molecule has 6 heteroatoms. The van der Waals surface area contributed by atoms with E-state index in [-0.39, 0.29) is 6.03 Å². The van der Waals surface area contributed by atoms with Crippen LogP contribution in [0.25, 0.3) is 11.3 Å². The van der Waals surface area contributed by atoms with E-state index >= 15 is 0 Å². The number of pyridine rings is 1. The molecule has 2 amide bonds. The van der Waals surface area contributed by atoms with Gasteiger partial charge in [-0.3, -0.25) is 10.3 Å². The van der Waals surface area contributed by atoms with Crippen molar-refractivity contribution in [1.29, 1.82) is 0 Å². The number of aryl methyl sites for hydroxylation is 1. The fourth-order valence-corrected chi connectivity index (χ4v) is 2.98. The molecule has 0 aliphatic heterocycles. The SMILES string of the molecule is O=C(NCCCc1ccccc1)Nc1nc(-c2ccncc2)cs1. The summed E-state index contributed by atoms with van der Waals surface area (Å²) in [4.78, 5) is 20.3. The summed E-state index contributed by atoms with van der Waals surface area (Å²) >= 11 is 1.41. The number of anilines is 1. The van der Waals surface area contributed by atoms with Gasteiger partial charge in [-0.05, 0) is 30.5 Å². The van der Waals surface area contributed by atoms with Crippen LogP contribution in [-0.4, -0.2) is 22.5 Å². The molecule has 0 radical (unpaired) electrons. The van der Waals surface area contributed by atoms with E-state index in [2.05, 4.69) is 32.7 Å². The van der Waals surface area contributed by atoms with Crippen molar-refractivity contribution in [2.24, 2.45) is 0 Å². The lowest BCUT2D eigenvalue weighted by molar-refractivity contribution is 0.252. The smallest absolute Gasteiger partial charge is 0.321 e. The van der Waals surface area contributed by atoms with Gasteiger partial charge in [-0.2, -0.15) is 0 Å². The fourth-order valence-electron chi connectivity index (χ4n) is 2.27. The van der Waals surface area contributed by atoms with Crippen LogP contribution in [0, 0.1) is 0 Å². The largest absolute Gasteiger partial charge is 0.338 e. The Bertz CT molecular complexity index is 774. The Labute approximate surface area is 144 Å². The third-order valence-electron chi connectivity index (χ3n) is 3.47. The number of urea groups is 1. The lowest BCUT2D eigenvalue weighted by atomic mass is 10.1. The zero-order valence-corrected chi connectivity index (χ0v) is 13.9. The monoisotopic (exact) mass is 338 g/mol. The molecule has 0 atom stereocenters. The van der Waals surface area contributed by atoms with Crippen LogP contribution < -0.4 is 10.6 Å². The van der Waals surface area contributed by atoms with Crippen LogP contribution in [0.15, 0.2) is 60.2 Å². The zero-order chi connectivity index (χ0) is 16.6. The first kappa shape index (κ1) is 16.1. The van der Waals surface area contributed by atoms with Crippen molar-refractivity contribution in [3.8, 4) is 11.3 Å². The number of nitrogens with one attached hydrogen (secondary N) is 2. The van der Waals surface area contributed by atoms with Gasteiger partial charge in [0.1, 0.15) is 0 Å². The molecule has 0 saturated heterocycles. The standard InChI is InChI=1S/C18H18N4OS/c23-17(20-10-4-7-14-5-2-1-3-6-14)22-18-21-16(13-24-18)15-8-11-19-12-9-15/h1-3,5-6,8-9,11-13H,4,7,10H2,(H2,20,21,22,23). The predicted molar refractivity (Wildman–Crippen MR) is 97.1 cm³/mol. The maximum atomic E-state index is 11.9. The maximum absolute atomic E-state index is 11.9. The first-order valence-corrected chi connectivity index (χ1v) is 8.64. The van der Waals surface area contributed by atoms with Gasteiger partial charge in [0, 0.05) is 29.9 Å². The molecule has 3 rings (SSSR count). The molecule has 2 N–H and O–H groups in total. The molecule has 1 aromatic carbocycles. The molecule has 0 aliphatic carbocycles. The van der Waals surface area contributed by atoms with Gasteiger partial charge >= 0.3 is 6.03 Å². The second kappa shape index (κ2) is 8.21. The minimum Gasteiger partial charge on any atom is -0.338 e. The fraction of sp³-hybridized carbons (Fsp3) is 0.167. The van der Waals surface area contributed by atoms with E-state index in [0.29, 0.717) is 11.7 Å². The Hall–Kier alpha value is -2.73. The molecule has 0 aliphatic rings. The van der Waals surface area contributed by atoms with E-state index in [1.54, 1.807) is 12.4 Å². The lowest BCUT2D eigenvalue weighted by Gasteiger charge is -2.05. The molecular weight excluding hydrogens is 320 g/mol. The second-order valence-corrected chi connectivity index (χ2v) is 6.10. The minimum absolute atomic E-state index is 0.223. The van der Waals surface area contributed by atoms with Gasteiger partial charge in [-0.15, -0.1) is 11.3 Å². The molecule has 24 heavy (non-hydrogen) atoms. The van der Waals surface area contributed by atoms with Gasteiger partial charge in [0.15, 0.2) is 5.13 Å². The first-order valence-electron chi connectivity index (χ1n) is 7.76. The van der Waals surface area contributed by atoms with Crippen LogP contribution in [0.1, 0.15) is 12.0 Å². The van der Waals surface area contributed by atoms with Crippen molar-refractivity contribution >= 4 is 22.5 Å². The quantitative estimate of drug-likeness (QED) is 0.669. The highest BCUT2D eigenvalue weighted by atomic mass is 32.1. The number of carbonyl (C=O) groups is 1. The number of benzene rings is 1. The van der Waals surface area contributed by atoms with Crippen molar-refractivity contribution < 1.29 is 4.79 Å². The highest BCUT2D eigenvalue weighted by Crippen LogP contribution is 2.24. The van der Waals surface area contributed by atoms with Crippen LogP contribution in [0.3, 0.4) is 0 Å². The highest BCUT2D eigenvalue weighted by Gasteiger charge is 2.07. The average Bonchev–Trinajstić information content (AvgIpc) is 3.09. The molecule has 122 valence electrons. The predicted octanol–water partition coefficient (Wildman–Crippen LogP) is 3.96. The number of amides is 2. The van der Waals surface area contributed by atoms with Gasteiger partial charge < -0.3 is 5.32 Å². The Morgan fingerprint density at radius 3 is 2.67 bits per heavy atom. The summed E-state index contributed by atoms with van der Waals surface area (Å²) in [5.41, 5.74) is 3.10. The topological polar surface area (TPSA) is 66.9 Å². The Balaban J connectivity index is 1.43. The number of hydrogen-bond donors (Lipinski definition) is 2. The maximum Gasteiger partial charge on any atom is 0.321 e. The summed E-state index contributed by atoms with van der Waals surface area (Å²) < 4.78 is 0. The molecule has 2 aromatic heterocycles. The van der Waals surface area contributed by atoms with Crippen molar-refractivity contribution in [1.82, 2.24) is 15.3 Å². The number of nitrogens with zero attached hydrogens (tertiary/aromatic N) is 2. The molecule has 0 fully saturated rings. The van der Waals surface area contributed by atoms with Crippen LogP contribution in [0.4, 0.5) is 9.93 Å². The number of aromatic nitrogens is 2. The number of carbonyl (C=O) groups excluding carboxylic acids is 1. The van der Waals surface area contributed by atoms with Gasteiger partial charge in [0.05, 0.1) is 5.69 Å². The van der Waals surface area contributed by atoms with E-state index in [9.17, 15) is 4.79 Å².